The first kappa shape index (κ1) is 22.6. The van der Waals surface area contributed by atoms with Crippen LogP contribution < -0.4 is 0 Å². The van der Waals surface area contributed by atoms with Gasteiger partial charge in [0, 0.05) is 23.7 Å². The number of carbonyl (C=O) groups is 2. The Bertz CT molecular complexity index is 1040. The average molecular weight is 454 g/mol. The van der Waals surface area contributed by atoms with Gasteiger partial charge in [-0.15, -0.1) is 0 Å². The average Bonchev–Trinajstić information content (AvgIpc) is 3.36. The highest BCUT2D eigenvalue weighted by Crippen LogP contribution is 2.40. The number of Topliss-reactive ketones (excluding diaryl/α,β-unsaturated/α-hetero) is 1. The van der Waals surface area contributed by atoms with Crippen molar-refractivity contribution >= 4 is 29.1 Å². The molecule has 4 rings (SSSR count). The van der Waals surface area contributed by atoms with Crippen molar-refractivity contribution in [3.63, 3.8) is 0 Å². The predicted octanol–water partition coefficient (Wildman–Crippen LogP) is 5.24. The van der Waals surface area contributed by atoms with E-state index in [1.165, 1.54) is 0 Å². The number of rotatable bonds is 4. The number of carbonyl (C=O) groups excluding carboxylic acids is 2. The number of hydrogen-bond donors (Lipinski definition) is 1. The number of amides is 1. The van der Waals surface area contributed by atoms with Gasteiger partial charge in [0.1, 0.15) is 5.76 Å². The minimum absolute atomic E-state index is 0.0265. The molecule has 0 unspecified atom stereocenters. The lowest BCUT2D eigenvalue weighted by Crippen LogP contribution is -2.36. The lowest BCUT2D eigenvalue weighted by atomic mass is 9.85. The molecule has 1 amide bonds. The van der Waals surface area contributed by atoms with Crippen LogP contribution >= 0.6 is 11.6 Å². The van der Waals surface area contributed by atoms with Crippen molar-refractivity contribution < 1.29 is 19.4 Å². The second kappa shape index (κ2) is 8.72. The molecule has 0 saturated carbocycles. The molecule has 168 valence electrons. The first-order chi connectivity index (χ1) is 15.2. The number of hydrogen-bond acceptors (Lipinski definition) is 4. The number of aliphatic hydroxyl groups is 1. The third-order valence-electron chi connectivity index (χ3n) is 6.17. The number of benzene rings is 2. The van der Waals surface area contributed by atoms with Crippen LogP contribution in [0.4, 0.5) is 0 Å². The normalized spacial score (nSPS) is 23.2. The molecule has 2 atom stereocenters. The number of halogens is 1. The molecule has 0 radical (unpaired) electrons. The third-order valence-corrected chi connectivity index (χ3v) is 6.43. The third kappa shape index (κ3) is 4.32. The summed E-state index contributed by atoms with van der Waals surface area (Å²) < 4.78 is 5.74. The monoisotopic (exact) mass is 453 g/mol. The Hall–Kier alpha value is -2.63. The van der Waals surface area contributed by atoms with E-state index in [0.29, 0.717) is 23.7 Å². The maximum absolute atomic E-state index is 13.1. The molecule has 2 aliphatic rings. The van der Waals surface area contributed by atoms with E-state index >= 15 is 0 Å². The lowest BCUT2D eigenvalue weighted by Gasteiger charge is -2.28. The quantitative estimate of drug-likeness (QED) is 0.390. The topological polar surface area (TPSA) is 66.8 Å². The molecule has 2 fully saturated rings. The second-order valence-corrected chi connectivity index (χ2v) is 9.90. The molecule has 32 heavy (non-hydrogen) atoms. The summed E-state index contributed by atoms with van der Waals surface area (Å²) in [5.41, 5.74) is 2.45. The summed E-state index contributed by atoms with van der Waals surface area (Å²) in [6.07, 6.45) is 1.67. The van der Waals surface area contributed by atoms with Crippen LogP contribution in [-0.4, -0.2) is 41.0 Å². The van der Waals surface area contributed by atoms with E-state index in [0.717, 1.165) is 24.0 Å². The maximum atomic E-state index is 13.1. The van der Waals surface area contributed by atoms with Gasteiger partial charge < -0.3 is 14.7 Å². The van der Waals surface area contributed by atoms with Gasteiger partial charge in [-0.25, -0.2) is 0 Å². The fourth-order valence-electron chi connectivity index (χ4n) is 4.35. The minimum atomic E-state index is -0.680. The highest BCUT2D eigenvalue weighted by Gasteiger charge is 2.47. The smallest absolute Gasteiger partial charge is 0.295 e. The summed E-state index contributed by atoms with van der Waals surface area (Å²) in [6, 6.07) is 13.8. The fraction of sp³-hybridized carbons (Fsp3) is 0.385. The molecule has 1 N–H and O–H groups in total. The van der Waals surface area contributed by atoms with E-state index in [1.54, 1.807) is 29.2 Å². The molecule has 0 bridgehead atoms. The van der Waals surface area contributed by atoms with Crippen molar-refractivity contribution in [2.75, 3.05) is 13.2 Å². The lowest BCUT2D eigenvalue weighted by molar-refractivity contribution is -0.140. The van der Waals surface area contributed by atoms with Gasteiger partial charge in [-0.1, -0.05) is 56.6 Å². The zero-order valence-electron chi connectivity index (χ0n) is 18.6. The van der Waals surface area contributed by atoms with Crippen LogP contribution in [0.5, 0.6) is 0 Å². The van der Waals surface area contributed by atoms with Gasteiger partial charge in [0.15, 0.2) is 0 Å². The van der Waals surface area contributed by atoms with Gasteiger partial charge in [-0.3, -0.25) is 9.59 Å². The molecule has 2 aliphatic heterocycles. The zero-order chi connectivity index (χ0) is 23.0. The Kier molecular flexibility index (Phi) is 6.15. The van der Waals surface area contributed by atoms with E-state index in [4.69, 9.17) is 16.3 Å². The van der Waals surface area contributed by atoms with E-state index in [2.05, 4.69) is 20.8 Å². The summed E-state index contributed by atoms with van der Waals surface area (Å²) in [5, 5.41) is 11.6. The van der Waals surface area contributed by atoms with Crippen LogP contribution in [0.25, 0.3) is 5.76 Å². The van der Waals surface area contributed by atoms with E-state index in [1.807, 2.05) is 24.3 Å². The van der Waals surface area contributed by atoms with Crippen LogP contribution in [0.1, 0.15) is 56.3 Å². The predicted molar refractivity (Wildman–Crippen MR) is 125 cm³/mol. The van der Waals surface area contributed by atoms with Crippen LogP contribution in [0.3, 0.4) is 0 Å². The van der Waals surface area contributed by atoms with Crippen molar-refractivity contribution in [2.24, 2.45) is 0 Å². The van der Waals surface area contributed by atoms with Gasteiger partial charge in [-0.05, 0) is 53.6 Å². The highest BCUT2D eigenvalue weighted by molar-refractivity contribution is 6.46. The van der Waals surface area contributed by atoms with Gasteiger partial charge in [0.2, 0.25) is 0 Å². The molecule has 2 heterocycles. The van der Waals surface area contributed by atoms with Gasteiger partial charge in [-0.2, -0.15) is 0 Å². The van der Waals surface area contributed by atoms with Crippen LogP contribution in [-0.2, 0) is 19.7 Å². The Balaban J connectivity index is 1.81. The number of ether oxygens (including phenoxy) is 1. The Morgan fingerprint density at radius 3 is 2.31 bits per heavy atom. The zero-order valence-corrected chi connectivity index (χ0v) is 19.4. The first-order valence-corrected chi connectivity index (χ1v) is 11.3. The van der Waals surface area contributed by atoms with Crippen molar-refractivity contribution in [1.82, 2.24) is 4.90 Å². The molecule has 6 heteroatoms. The Morgan fingerprint density at radius 1 is 1.09 bits per heavy atom. The van der Waals surface area contributed by atoms with Gasteiger partial charge in [0.05, 0.1) is 17.7 Å². The SMILES string of the molecule is CC(C)(C)c1ccc([C@H]2/C(=C(\O)c3ccc(Cl)cc3)C(=O)C(=O)N2C[C@@H]2CCCO2)cc1. The van der Waals surface area contributed by atoms with Crippen molar-refractivity contribution in [2.45, 2.75) is 51.2 Å². The fourth-order valence-corrected chi connectivity index (χ4v) is 4.48. The van der Waals surface area contributed by atoms with Crippen molar-refractivity contribution in [1.29, 1.82) is 0 Å². The molecule has 5 nitrogen and oxygen atoms in total. The van der Waals surface area contributed by atoms with E-state index < -0.39 is 17.7 Å². The van der Waals surface area contributed by atoms with E-state index in [-0.39, 0.29) is 22.9 Å². The first-order valence-electron chi connectivity index (χ1n) is 10.9. The molecule has 0 aromatic heterocycles. The molecule has 2 aromatic rings. The summed E-state index contributed by atoms with van der Waals surface area (Å²) in [5.74, 6) is -1.49. The molecule has 0 aliphatic carbocycles. The molecule has 0 spiro atoms. The maximum Gasteiger partial charge on any atom is 0.295 e. The van der Waals surface area contributed by atoms with Crippen LogP contribution in [0, 0.1) is 0 Å². The highest BCUT2D eigenvalue weighted by atomic mass is 35.5. The number of ketones is 1. The number of aliphatic hydroxyl groups excluding tert-OH is 1. The van der Waals surface area contributed by atoms with Crippen LogP contribution in [0.15, 0.2) is 54.1 Å². The number of likely N-dealkylation sites (tertiary alicyclic amines) is 1. The van der Waals surface area contributed by atoms with E-state index in [9.17, 15) is 14.7 Å². The summed E-state index contributed by atoms with van der Waals surface area (Å²) >= 11 is 5.98. The Morgan fingerprint density at radius 2 is 1.75 bits per heavy atom. The summed E-state index contributed by atoms with van der Waals surface area (Å²) in [7, 11) is 0. The van der Waals surface area contributed by atoms with Gasteiger partial charge >= 0.3 is 0 Å². The van der Waals surface area contributed by atoms with Crippen LogP contribution in [0.2, 0.25) is 5.02 Å². The number of nitrogens with zero attached hydrogens (tertiary/aromatic N) is 1. The summed E-state index contributed by atoms with van der Waals surface area (Å²) in [4.78, 5) is 27.7. The summed E-state index contributed by atoms with van der Waals surface area (Å²) in [6.45, 7) is 7.36. The molecule has 2 aromatic carbocycles. The van der Waals surface area contributed by atoms with Crippen molar-refractivity contribution in [3.8, 4) is 0 Å². The molecular weight excluding hydrogens is 426 g/mol. The Labute approximate surface area is 193 Å². The minimum Gasteiger partial charge on any atom is -0.507 e. The largest absolute Gasteiger partial charge is 0.507 e. The van der Waals surface area contributed by atoms with Crippen molar-refractivity contribution in [3.05, 3.63) is 75.8 Å². The standard InChI is InChI=1S/C26H28ClNO4/c1-26(2,3)18-10-6-16(7-11-18)22-21(23(29)17-8-12-19(27)13-9-17)24(30)25(31)28(22)15-20-5-4-14-32-20/h6-13,20,22,29H,4-5,14-15H2,1-3H3/b23-21+/t20-,22-/m0/s1. The molecule has 2 saturated heterocycles. The molecular formula is C26H28ClNO4. The second-order valence-electron chi connectivity index (χ2n) is 9.47. The van der Waals surface area contributed by atoms with Gasteiger partial charge in [0.25, 0.3) is 11.7 Å².